The molecule has 1 heterocycles. The second-order valence-electron chi connectivity index (χ2n) is 4.75. The van der Waals surface area contributed by atoms with Crippen molar-refractivity contribution in [3.63, 3.8) is 0 Å². The number of aryl methyl sites for hydroxylation is 1. The van der Waals surface area contributed by atoms with Crippen LogP contribution in [0.1, 0.15) is 25.3 Å². The van der Waals surface area contributed by atoms with Gasteiger partial charge in [0, 0.05) is 16.7 Å². The van der Waals surface area contributed by atoms with Crippen molar-refractivity contribution in [2.75, 3.05) is 11.9 Å². The van der Waals surface area contributed by atoms with Gasteiger partial charge in [-0.05, 0) is 37.1 Å². The van der Waals surface area contributed by atoms with Crippen LogP contribution in [0.2, 0.25) is 0 Å². The number of rotatable bonds is 4. The van der Waals surface area contributed by atoms with Crippen LogP contribution in [-0.2, 0) is 9.59 Å². The van der Waals surface area contributed by atoms with Crippen molar-refractivity contribution in [2.24, 2.45) is 0 Å². The number of carbonyl (C=O) groups is 2. The molecular formula is C14H17BrN2O2. The average Bonchev–Trinajstić information content (AvgIpc) is 2.62. The summed E-state index contributed by atoms with van der Waals surface area (Å²) in [4.78, 5) is 25.2. The summed E-state index contributed by atoms with van der Waals surface area (Å²) in [6, 6.07) is 5.37. The summed E-state index contributed by atoms with van der Waals surface area (Å²) in [5, 5.41) is 3.14. The zero-order valence-electron chi connectivity index (χ0n) is 11.1. The minimum Gasteiger partial charge on any atom is -0.373 e. The molecule has 1 aliphatic rings. The molecule has 0 bridgehead atoms. The molecule has 1 aliphatic heterocycles. The predicted octanol–water partition coefficient (Wildman–Crippen LogP) is 2.71. The standard InChI is InChI=1S/C14H17BrN2O2/c1-3-6-17-13(18)8-12(14(17)19)16-10-4-5-11(15)9(2)7-10/h4-5,7,12,16H,3,6,8H2,1-2H3. The molecule has 1 aromatic carbocycles. The van der Waals surface area contributed by atoms with Gasteiger partial charge in [0.25, 0.3) is 5.91 Å². The van der Waals surface area contributed by atoms with E-state index < -0.39 is 6.04 Å². The van der Waals surface area contributed by atoms with Crippen LogP contribution in [0.5, 0.6) is 0 Å². The van der Waals surface area contributed by atoms with Gasteiger partial charge < -0.3 is 5.32 Å². The number of hydrogen-bond acceptors (Lipinski definition) is 3. The van der Waals surface area contributed by atoms with Crippen LogP contribution in [0.3, 0.4) is 0 Å². The van der Waals surface area contributed by atoms with Gasteiger partial charge in [-0.2, -0.15) is 0 Å². The highest BCUT2D eigenvalue weighted by Crippen LogP contribution is 2.23. The molecule has 0 spiro atoms. The highest BCUT2D eigenvalue weighted by Gasteiger charge is 2.37. The summed E-state index contributed by atoms with van der Waals surface area (Å²) < 4.78 is 1.03. The van der Waals surface area contributed by atoms with Gasteiger partial charge in [0.15, 0.2) is 0 Å². The average molecular weight is 325 g/mol. The molecule has 5 heteroatoms. The van der Waals surface area contributed by atoms with Crippen LogP contribution in [0.15, 0.2) is 22.7 Å². The van der Waals surface area contributed by atoms with Crippen LogP contribution in [0.25, 0.3) is 0 Å². The molecule has 1 unspecified atom stereocenters. The number of amides is 2. The maximum absolute atomic E-state index is 12.1. The number of nitrogens with zero attached hydrogens (tertiary/aromatic N) is 1. The first-order valence-electron chi connectivity index (χ1n) is 6.39. The fraction of sp³-hybridized carbons (Fsp3) is 0.429. The van der Waals surface area contributed by atoms with Crippen molar-refractivity contribution in [2.45, 2.75) is 32.7 Å². The van der Waals surface area contributed by atoms with Crippen molar-refractivity contribution < 1.29 is 9.59 Å². The van der Waals surface area contributed by atoms with Gasteiger partial charge in [-0.15, -0.1) is 0 Å². The predicted molar refractivity (Wildman–Crippen MR) is 77.9 cm³/mol. The molecule has 1 atom stereocenters. The third-order valence-corrected chi connectivity index (χ3v) is 4.08. The van der Waals surface area contributed by atoms with Crippen LogP contribution < -0.4 is 5.32 Å². The Balaban J connectivity index is 2.09. The fourth-order valence-corrected chi connectivity index (χ4v) is 2.44. The molecule has 1 aromatic rings. The number of imide groups is 1. The Morgan fingerprint density at radius 1 is 1.42 bits per heavy atom. The molecule has 0 radical (unpaired) electrons. The second kappa shape index (κ2) is 5.74. The fourth-order valence-electron chi connectivity index (χ4n) is 2.19. The number of halogens is 1. The third kappa shape index (κ3) is 2.97. The lowest BCUT2D eigenvalue weighted by molar-refractivity contribution is -0.138. The monoisotopic (exact) mass is 324 g/mol. The number of hydrogen-bond donors (Lipinski definition) is 1. The Labute approximate surface area is 121 Å². The summed E-state index contributed by atoms with van der Waals surface area (Å²) in [5.41, 5.74) is 1.96. The topological polar surface area (TPSA) is 49.4 Å². The molecule has 2 amide bonds. The van der Waals surface area contributed by atoms with Crippen LogP contribution >= 0.6 is 15.9 Å². The largest absolute Gasteiger partial charge is 0.373 e. The summed E-state index contributed by atoms with van der Waals surface area (Å²) in [5.74, 6) is -0.203. The molecule has 0 saturated carbocycles. The molecule has 102 valence electrons. The van der Waals surface area contributed by atoms with E-state index in [0.29, 0.717) is 6.54 Å². The van der Waals surface area contributed by atoms with Crippen LogP contribution in [0, 0.1) is 6.92 Å². The lowest BCUT2D eigenvalue weighted by Gasteiger charge is -2.15. The minimum absolute atomic E-state index is 0.0850. The van der Waals surface area contributed by atoms with E-state index in [1.54, 1.807) is 0 Å². The Bertz CT molecular complexity index is 516. The molecule has 0 aliphatic carbocycles. The lowest BCUT2D eigenvalue weighted by atomic mass is 10.2. The first-order chi connectivity index (χ1) is 9.02. The third-order valence-electron chi connectivity index (χ3n) is 3.19. The maximum Gasteiger partial charge on any atom is 0.252 e. The quantitative estimate of drug-likeness (QED) is 0.866. The smallest absolute Gasteiger partial charge is 0.252 e. The Morgan fingerprint density at radius 3 is 2.79 bits per heavy atom. The second-order valence-corrected chi connectivity index (χ2v) is 5.60. The zero-order valence-corrected chi connectivity index (χ0v) is 12.7. The van der Waals surface area contributed by atoms with E-state index in [1.165, 1.54) is 4.90 Å². The van der Waals surface area contributed by atoms with Crippen molar-refractivity contribution in [3.05, 3.63) is 28.2 Å². The molecular weight excluding hydrogens is 308 g/mol. The van der Waals surface area contributed by atoms with Gasteiger partial charge in [-0.1, -0.05) is 22.9 Å². The van der Waals surface area contributed by atoms with Gasteiger partial charge in [-0.3, -0.25) is 14.5 Å². The van der Waals surface area contributed by atoms with E-state index in [2.05, 4.69) is 21.2 Å². The summed E-state index contributed by atoms with van der Waals surface area (Å²) >= 11 is 3.44. The molecule has 1 saturated heterocycles. The van der Waals surface area contributed by atoms with Crippen LogP contribution in [0.4, 0.5) is 5.69 Å². The summed E-state index contributed by atoms with van der Waals surface area (Å²) in [7, 11) is 0. The molecule has 2 rings (SSSR count). The van der Waals surface area contributed by atoms with Gasteiger partial charge in [-0.25, -0.2) is 0 Å². The highest BCUT2D eigenvalue weighted by atomic mass is 79.9. The first-order valence-corrected chi connectivity index (χ1v) is 7.19. The van der Waals surface area contributed by atoms with Gasteiger partial charge >= 0.3 is 0 Å². The number of nitrogens with one attached hydrogen (secondary N) is 1. The number of likely N-dealkylation sites (tertiary alicyclic amines) is 1. The maximum atomic E-state index is 12.1. The molecule has 0 aromatic heterocycles. The normalized spacial score (nSPS) is 19.1. The van der Waals surface area contributed by atoms with E-state index >= 15 is 0 Å². The van der Waals surface area contributed by atoms with E-state index in [1.807, 2.05) is 32.0 Å². The number of benzene rings is 1. The van der Waals surface area contributed by atoms with Gasteiger partial charge in [0.2, 0.25) is 5.91 Å². The van der Waals surface area contributed by atoms with E-state index in [-0.39, 0.29) is 18.2 Å². The highest BCUT2D eigenvalue weighted by molar-refractivity contribution is 9.10. The Hall–Kier alpha value is -1.36. The molecule has 1 fully saturated rings. The van der Waals surface area contributed by atoms with Crippen molar-refractivity contribution in [3.8, 4) is 0 Å². The lowest BCUT2D eigenvalue weighted by Crippen LogP contribution is -2.35. The van der Waals surface area contributed by atoms with Crippen molar-refractivity contribution >= 4 is 33.4 Å². The Kier molecular flexibility index (Phi) is 4.24. The molecule has 19 heavy (non-hydrogen) atoms. The molecule has 1 N–H and O–H groups in total. The summed E-state index contributed by atoms with van der Waals surface area (Å²) in [6.45, 7) is 4.45. The first kappa shape index (κ1) is 14.1. The van der Waals surface area contributed by atoms with E-state index in [9.17, 15) is 9.59 Å². The molecule has 4 nitrogen and oxygen atoms in total. The Morgan fingerprint density at radius 2 is 2.16 bits per heavy atom. The van der Waals surface area contributed by atoms with Gasteiger partial charge in [0.1, 0.15) is 6.04 Å². The van der Waals surface area contributed by atoms with Crippen molar-refractivity contribution in [1.29, 1.82) is 0 Å². The number of carbonyl (C=O) groups excluding carboxylic acids is 2. The zero-order chi connectivity index (χ0) is 14.0. The SMILES string of the molecule is CCCN1C(=O)CC(Nc2ccc(Br)c(C)c2)C1=O. The van der Waals surface area contributed by atoms with Crippen LogP contribution in [-0.4, -0.2) is 29.3 Å². The van der Waals surface area contributed by atoms with E-state index in [0.717, 1.165) is 22.1 Å². The minimum atomic E-state index is -0.431. The summed E-state index contributed by atoms with van der Waals surface area (Å²) in [6.07, 6.45) is 1.04. The van der Waals surface area contributed by atoms with Gasteiger partial charge in [0.05, 0.1) is 6.42 Å². The number of anilines is 1. The van der Waals surface area contributed by atoms with Crippen molar-refractivity contribution in [1.82, 2.24) is 4.90 Å². The van der Waals surface area contributed by atoms with E-state index in [4.69, 9.17) is 0 Å².